The summed E-state index contributed by atoms with van der Waals surface area (Å²) in [5, 5.41) is 8.49. The summed E-state index contributed by atoms with van der Waals surface area (Å²) in [7, 11) is -4.27. The van der Waals surface area contributed by atoms with Crippen molar-refractivity contribution < 1.29 is 32.2 Å². The second kappa shape index (κ2) is 11.3. The fraction of sp³-hybridized carbons (Fsp3) is 0.333. The second-order valence-electron chi connectivity index (χ2n) is 6.47. The minimum absolute atomic E-state index is 0.0354. The van der Waals surface area contributed by atoms with E-state index in [1.807, 2.05) is 6.92 Å². The fourth-order valence-electron chi connectivity index (χ4n) is 2.58. The van der Waals surface area contributed by atoms with Crippen molar-refractivity contribution in [2.75, 3.05) is 25.1 Å². The number of esters is 2. The molecule has 31 heavy (non-hydrogen) atoms. The molecule has 0 fully saturated rings. The Morgan fingerprint density at radius 2 is 1.77 bits per heavy atom. The predicted molar refractivity (Wildman–Crippen MR) is 115 cm³/mol. The minimum Gasteiger partial charge on any atom is -0.463 e. The van der Waals surface area contributed by atoms with Crippen LogP contribution in [0.4, 0.5) is 5.69 Å². The van der Waals surface area contributed by atoms with E-state index in [1.165, 1.54) is 6.07 Å². The SMILES string of the molecule is CCCCNc1cc(C(=O)OCC(=O)OCC)cc(S(N)(=O)=O)c1Oc1ccccc1. The van der Waals surface area contributed by atoms with Gasteiger partial charge >= 0.3 is 11.9 Å². The van der Waals surface area contributed by atoms with Gasteiger partial charge < -0.3 is 19.5 Å². The van der Waals surface area contributed by atoms with Gasteiger partial charge in [-0.05, 0) is 37.6 Å². The Labute approximate surface area is 181 Å². The molecule has 0 bridgehead atoms. The highest BCUT2D eigenvalue weighted by molar-refractivity contribution is 7.89. The molecular weight excluding hydrogens is 424 g/mol. The molecule has 2 aromatic carbocycles. The number of carbonyl (C=O) groups is 2. The van der Waals surface area contributed by atoms with Crippen LogP contribution >= 0.6 is 0 Å². The summed E-state index contributed by atoms with van der Waals surface area (Å²) in [4.78, 5) is 23.5. The third-order valence-corrected chi connectivity index (χ3v) is 4.95. The zero-order valence-electron chi connectivity index (χ0n) is 17.4. The normalized spacial score (nSPS) is 10.9. The number of hydrogen-bond acceptors (Lipinski definition) is 8. The summed E-state index contributed by atoms with van der Waals surface area (Å²) in [6.07, 6.45) is 1.69. The summed E-state index contributed by atoms with van der Waals surface area (Å²) in [6, 6.07) is 11.0. The average Bonchev–Trinajstić information content (AvgIpc) is 2.73. The second-order valence-corrected chi connectivity index (χ2v) is 8.00. The zero-order valence-corrected chi connectivity index (χ0v) is 18.2. The first-order valence-corrected chi connectivity index (χ1v) is 11.3. The molecule has 0 aliphatic carbocycles. The highest BCUT2D eigenvalue weighted by Crippen LogP contribution is 2.37. The smallest absolute Gasteiger partial charge is 0.344 e. The van der Waals surface area contributed by atoms with Crippen molar-refractivity contribution in [3.8, 4) is 11.5 Å². The van der Waals surface area contributed by atoms with Crippen molar-refractivity contribution in [3.05, 3.63) is 48.0 Å². The third kappa shape index (κ3) is 7.26. The molecule has 0 spiro atoms. The Morgan fingerprint density at radius 1 is 1.06 bits per heavy atom. The monoisotopic (exact) mass is 450 g/mol. The maximum absolute atomic E-state index is 12.5. The topological polar surface area (TPSA) is 134 Å². The molecule has 0 aromatic heterocycles. The Hall–Kier alpha value is -3.11. The number of unbranched alkanes of at least 4 members (excludes halogenated alkanes) is 1. The van der Waals surface area contributed by atoms with Gasteiger partial charge in [0.15, 0.2) is 12.4 Å². The molecule has 10 heteroatoms. The zero-order chi connectivity index (χ0) is 22.9. The quantitative estimate of drug-likeness (QED) is 0.394. The molecule has 0 heterocycles. The van der Waals surface area contributed by atoms with E-state index in [2.05, 4.69) is 5.32 Å². The number of nitrogens with one attached hydrogen (secondary N) is 1. The summed E-state index contributed by atoms with van der Waals surface area (Å²) in [5.74, 6) is -1.26. The van der Waals surface area contributed by atoms with Crippen molar-refractivity contribution in [3.63, 3.8) is 0 Å². The van der Waals surface area contributed by atoms with E-state index in [9.17, 15) is 18.0 Å². The van der Waals surface area contributed by atoms with Gasteiger partial charge in [0, 0.05) is 6.54 Å². The largest absolute Gasteiger partial charge is 0.463 e. The number of benzene rings is 2. The first-order chi connectivity index (χ1) is 14.8. The predicted octanol–water partition coefficient (Wildman–Crippen LogP) is 3.06. The number of para-hydroxylation sites is 1. The van der Waals surface area contributed by atoms with Crippen molar-refractivity contribution in [2.45, 2.75) is 31.6 Å². The van der Waals surface area contributed by atoms with Crippen molar-refractivity contribution in [2.24, 2.45) is 5.14 Å². The molecule has 0 radical (unpaired) electrons. The molecule has 0 aliphatic rings. The Bertz CT molecular complexity index is 1010. The van der Waals surface area contributed by atoms with E-state index < -0.39 is 28.6 Å². The fourth-order valence-corrected chi connectivity index (χ4v) is 3.29. The van der Waals surface area contributed by atoms with Crippen molar-refractivity contribution in [1.82, 2.24) is 0 Å². The van der Waals surface area contributed by atoms with Gasteiger partial charge in [-0.25, -0.2) is 23.1 Å². The van der Waals surface area contributed by atoms with E-state index in [4.69, 9.17) is 19.3 Å². The molecule has 0 aliphatic heterocycles. The van der Waals surface area contributed by atoms with Crippen LogP contribution in [0, 0.1) is 0 Å². The first kappa shape index (κ1) is 24.2. The number of nitrogens with two attached hydrogens (primary N) is 1. The molecule has 0 atom stereocenters. The van der Waals surface area contributed by atoms with Gasteiger partial charge in [0.05, 0.1) is 17.9 Å². The molecule has 0 unspecified atom stereocenters. The number of hydrogen-bond donors (Lipinski definition) is 2. The number of rotatable bonds is 11. The van der Waals surface area contributed by atoms with Gasteiger partial charge in [-0.1, -0.05) is 31.5 Å². The highest BCUT2D eigenvalue weighted by Gasteiger charge is 2.24. The molecule has 3 N–H and O–H groups in total. The van der Waals surface area contributed by atoms with Crippen LogP contribution in [0.15, 0.2) is 47.4 Å². The third-order valence-electron chi connectivity index (χ3n) is 4.03. The van der Waals surface area contributed by atoms with Crippen LogP contribution in [-0.2, 0) is 24.3 Å². The molecule has 2 rings (SSSR count). The van der Waals surface area contributed by atoms with Crippen molar-refractivity contribution >= 4 is 27.6 Å². The van der Waals surface area contributed by atoms with Crippen LogP contribution < -0.4 is 15.2 Å². The lowest BCUT2D eigenvalue weighted by molar-refractivity contribution is -0.146. The molecule has 0 saturated heterocycles. The maximum atomic E-state index is 12.5. The van der Waals surface area contributed by atoms with Crippen LogP contribution in [0.5, 0.6) is 11.5 Å². The van der Waals surface area contributed by atoms with Crippen LogP contribution in [0.25, 0.3) is 0 Å². The summed E-state index contributed by atoms with van der Waals surface area (Å²) < 4.78 is 40.1. The minimum atomic E-state index is -4.27. The van der Waals surface area contributed by atoms with E-state index in [-0.39, 0.29) is 28.5 Å². The molecule has 9 nitrogen and oxygen atoms in total. The molecule has 2 aromatic rings. The maximum Gasteiger partial charge on any atom is 0.344 e. The van der Waals surface area contributed by atoms with Crippen LogP contribution in [0.2, 0.25) is 0 Å². The van der Waals surface area contributed by atoms with Gasteiger partial charge in [-0.3, -0.25) is 0 Å². The number of primary sulfonamides is 1. The van der Waals surface area contributed by atoms with Gasteiger partial charge in [-0.15, -0.1) is 0 Å². The van der Waals surface area contributed by atoms with Crippen molar-refractivity contribution in [1.29, 1.82) is 0 Å². The Kier molecular flexibility index (Phi) is 8.83. The van der Waals surface area contributed by atoms with Crippen LogP contribution in [-0.4, -0.2) is 40.1 Å². The standard InChI is InChI=1S/C21H26N2O7S/c1-3-5-11-23-17-12-15(21(25)29-14-19(24)28-4-2)13-18(31(22,26)27)20(17)30-16-9-7-6-8-10-16/h6-10,12-13,23H,3-5,11,14H2,1-2H3,(H2,22,26,27). The Balaban J connectivity index is 2.47. The highest BCUT2D eigenvalue weighted by atomic mass is 32.2. The van der Waals surface area contributed by atoms with Gasteiger partial charge in [0.2, 0.25) is 10.0 Å². The number of anilines is 1. The van der Waals surface area contributed by atoms with Gasteiger partial charge in [0.1, 0.15) is 10.6 Å². The van der Waals surface area contributed by atoms with E-state index in [0.717, 1.165) is 18.9 Å². The lowest BCUT2D eigenvalue weighted by Gasteiger charge is -2.17. The first-order valence-electron chi connectivity index (χ1n) is 9.76. The van der Waals surface area contributed by atoms with E-state index in [1.54, 1.807) is 37.3 Å². The Morgan fingerprint density at radius 3 is 2.39 bits per heavy atom. The van der Waals surface area contributed by atoms with Crippen LogP contribution in [0.3, 0.4) is 0 Å². The lowest BCUT2D eigenvalue weighted by Crippen LogP contribution is -2.19. The summed E-state index contributed by atoms with van der Waals surface area (Å²) in [5.41, 5.74) is 0.152. The van der Waals surface area contributed by atoms with E-state index >= 15 is 0 Å². The average molecular weight is 451 g/mol. The molecule has 168 valence electrons. The number of carbonyl (C=O) groups excluding carboxylic acids is 2. The summed E-state index contributed by atoms with van der Waals surface area (Å²) >= 11 is 0. The molecule has 0 amide bonds. The van der Waals surface area contributed by atoms with Crippen LogP contribution in [0.1, 0.15) is 37.0 Å². The molecule has 0 saturated carbocycles. The molecular formula is C21H26N2O7S. The number of sulfonamides is 1. The van der Waals surface area contributed by atoms with Gasteiger partial charge in [-0.2, -0.15) is 0 Å². The number of ether oxygens (including phenoxy) is 3. The van der Waals surface area contributed by atoms with Gasteiger partial charge in [0.25, 0.3) is 0 Å². The van der Waals surface area contributed by atoms with E-state index in [0.29, 0.717) is 12.3 Å². The lowest BCUT2D eigenvalue weighted by atomic mass is 10.1. The summed E-state index contributed by atoms with van der Waals surface area (Å²) in [6.45, 7) is 3.67.